The highest BCUT2D eigenvalue weighted by Crippen LogP contribution is 2.33. The number of hydrogen-bond donors (Lipinski definition) is 2. The molecule has 0 saturated carbocycles. The van der Waals surface area contributed by atoms with Crippen LogP contribution in [0.1, 0.15) is 35.2 Å². The molecule has 0 unspecified atom stereocenters. The van der Waals surface area contributed by atoms with Crippen LogP contribution in [-0.4, -0.2) is 50.0 Å². The largest absolute Gasteiger partial charge is 0.515 e. The number of carbonyl (C=O) groups is 1. The Morgan fingerprint density at radius 1 is 1.28 bits per heavy atom. The van der Waals surface area contributed by atoms with E-state index in [0.717, 1.165) is 48.3 Å². The van der Waals surface area contributed by atoms with Crippen LogP contribution in [0.2, 0.25) is 0 Å². The fourth-order valence-corrected chi connectivity index (χ4v) is 4.28. The molecule has 3 heterocycles. The maximum atomic E-state index is 12.5. The van der Waals surface area contributed by atoms with Gasteiger partial charge in [-0.2, -0.15) is 0 Å². The first-order valence-electron chi connectivity index (χ1n) is 9.79. The number of hydrogen-bond acceptors (Lipinski definition) is 7. The van der Waals surface area contributed by atoms with Crippen LogP contribution in [0.15, 0.2) is 42.7 Å². The van der Waals surface area contributed by atoms with Crippen molar-refractivity contribution in [3.8, 4) is 5.75 Å². The molecule has 8 nitrogen and oxygen atoms in total. The van der Waals surface area contributed by atoms with Crippen LogP contribution in [0.3, 0.4) is 0 Å². The quantitative estimate of drug-likeness (QED) is 0.520. The van der Waals surface area contributed by atoms with E-state index in [1.54, 1.807) is 18.7 Å². The van der Waals surface area contributed by atoms with Crippen LogP contribution in [-0.2, 0) is 6.42 Å². The summed E-state index contributed by atoms with van der Waals surface area (Å²) in [5.74, 6) is 1.47. The van der Waals surface area contributed by atoms with E-state index in [1.807, 2.05) is 12.1 Å². The van der Waals surface area contributed by atoms with Crippen molar-refractivity contribution in [1.82, 2.24) is 19.9 Å². The summed E-state index contributed by atoms with van der Waals surface area (Å²) >= 11 is 0. The smallest absolute Gasteiger partial charge is 0.192 e. The molecule has 5 rings (SSSR count). The van der Waals surface area contributed by atoms with E-state index < -0.39 is 0 Å². The van der Waals surface area contributed by atoms with E-state index >= 15 is 0 Å². The normalized spacial score (nSPS) is 20.4. The third kappa shape index (κ3) is 3.00. The molecule has 29 heavy (non-hydrogen) atoms. The van der Waals surface area contributed by atoms with E-state index in [0.29, 0.717) is 36.2 Å². The Labute approximate surface area is 167 Å². The van der Waals surface area contributed by atoms with Gasteiger partial charge in [0.05, 0.1) is 18.6 Å². The first kappa shape index (κ1) is 17.7. The number of H-pyrrole nitrogens is 1. The number of ketones is 1. The Bertz CT molecular complexity index is 1110. The summed E-state index contributed by atoms with van der Waals surface area (Å²) in [6.45, 7) is 1.40. The van der Waals surface area contributed by atoms with Gasteiger partial charge in [-0.3, -0.25) is 4.79 Å². The Kier molecular flexibility index (Phi) is 4.38. The molecule has 0 spiro atoms. The highest BCUT2D eigenvalue weighted by molar-refractivity contribution is 6.10. The van der Waals surface area contributed by atoms with Gasteiger partial charge in [0.25, 0.3) is 0 Å². The number of anilines is 1. The number of imidazole rings is 1. The molecule has 148 valence electrons. The van der Waals surface area contributed by atoms with Gasteiger partial charge in [-0.1, -0.05) is 12.1 Å². The molecule has 1 aliphatic carbocycles. The lowest BCUT2D eigenvalue weighted by atomic mass is 9.87. The molecule has 8 heteroatoms. The van der Waals surface area contributed by atoms with E-state index in [1.165, 1.54) is 0 Å². The number of benzene rings is 1. The van der Waals surface area contributed by atoms with Gasteiger partial charge in [0, 0.05) is 23.2 Å². The summed E-state index contributed by atoms with van der Waals surface area (Å²) in [5.41, 5.74) is 3.48. The van der Waals surface area contributed by atoms with Crippen molar-refractivity contribution in [2.24, 2.45) is 0 Å². The number of aliphatic hydroxyl groups excluding tert-OH is 1. The van der Waals surface area contributed by atoms with Crippen molar-refractivity contribution < 1.29 is 14.6 Å². The lowest BCUT2D eigenvalue weighted by Crippen LogP contribution is -2.35. The van der Waals surface area contributed by atoms with Gasteiger partial charge in [-0.05, 0) is 31.7 Å². The van der Waals surface area contributed by atoms with Crippen molar-refractivity contribution in [3.63, 3.8) is 0 Å². The second kappa shape index (κ2) is 7.20. The Morgan fingerprint density at radius 3 is 3.10 bits per heavy atom. The van der Waals surface area contributed by atoms with Crippen LogP contribution < -0.4 is 9.64 Å². The zero-order valence-corrected chi connectivity index (χ0v) is 15.8. The molecular formula is C21H21N5O3. The monoisotopic (exact) mass is 391 g/mol. The van der Waals surface area contributed by atoms with Gasteiger partial charge < -0.3 is 19.7 Å². The number of carbonyl (C=O) groups excluding carboxylic acids is 1. The number of nitrogens with zero attached hydrogens (tertiary/aromatic N) is 4. The van der Waals surface area contributed by atoms with Crippen molar-refractivity contribution in [1.29, 1.82) is 0 Å². The number of Topliss-reactive ketones (excluding diaryl/α,β-unsaturated/α-hetero) is 1. The molecule has 3 aromatic rings. The Balaban J connectivity index is 1.37. The molecule has 1 saturated heterocycles. The van der Waals surface area contributed by atoms with Gasteiger partial charge in [0.2, 0.25) is 0 Å². The highest BCUT2D eigenvalue weighted by atomic mass is 16.5. The van der Waals surface area contributed by atoms with E-state index in [9.17, 15) is 9.90 Å². The molecule has 2 aromatic heterocycles. The van der Waals surface area contributed by atoms with E-state index in [-0.39, 0.29) is 11.8 Å². The zero-order chi connectivity index (χ0) is 19.8. The number of rotatable bonds is 4. The molecule has 1 atom stereocenters. The molecule has 0 bridgehead atoms. The van der Waals surface area contributed by atoms with E-state index in [2.05, 4.69) is 24.8 Å². The minimum atomic E-state index is -0.121. The van der Waals surface area contributed by atoms with Crippen molar-refractivity contribution in [3.05, 3.63) is 53.8 Å². The molecule has 0 radical (unpaired) electrons. The van der Waals surface area contributed by atoms with Crippen molar-refractivity contribution >= 4 is 22.8 Å². The maximum Gasteiger partial charge on any atom is 0.192 e. The number of aromatic nitrogens is 4. The zero-order valence-electron chi connectivity index (χ0n) is 15.8. The lowest BCUT2D eigenvalue weighted by molar-refractivity contribution is 0.102. The molecule has 0 amide bonds. The summed E-state index contributed by atoms with van der Waals surface area (Å²) in [7, 11) is 0. The summed E-state index contributed by atoms with van der Waals surface area (Å²) in [6, 6.07) is 5.72. The molecular weight excluding hydrogens is 370 g/mol. The predicted molar refractivity (Wildman–Crippen MR) is 107 cm³/mol. The lowest BCUT2D eigenvalue weighted by Gasteiger charge is -2.27. The highest BCUT2D eigenvalue weighted by Gasteiger charge is 2.29. The minimum absolute atomic E-state index is 0.121. The van der Waals surface area contributed by atoms with Crippen molar-refractivity contribution in [2.75, 3.05) is 18.1 Å². The molecule has 2 aliphatic rings. The molecule has 1 aromatic carbocycles. The first-order chi connectivity index (χ1) is 14.3. The van der Waals surface area contributed by atoms with Crippen molar-refractivity contribution in [2.45, 2.75) is 31.7 Å². The Hall–Kier alpha value is -3.42. The summed E-state index contributed by atoms with van der Waals surface area (Å²) in [6.07, 6.45) is 7.37. The number of ether oxygens (including phenoxy) is 1. The number of allylic oxidation sites excluding steroid dienone is 1. The maximum absolute atomic E-state index is 12.5. The topological polar surface area (TPSA) is 104 Å². The van der Waals surface area contributed by atoms with E-state index in [4.69, 9.17) is 4.74 Å². The van der Waals surface area contributed by atoms with Crippen LogP contribution in [0.25, 0.3) is 11.2 Å². The minimum Gasteiger partial charge on any atom is -0.515 e. The number of nitrogens with one attached hydrogen (secondary N) is 1. The Morgan fingerprint density at radius 2 is 2.21 bits per heavy atom. The fraction of sp³-hybridized carbons (Fsp3) is 0.333. The van der Waals surface area contributed by atoms with Gasteiger partial charge in [0.15, 0.2) is 17.2 Å². The molecule has 2 N–H and O–H groups in total. The second-order valence-electron chi connectivity index (χ2n) is 7.36. The van der Waals surface area contributed by atoms with Gasteiger partial charge in [0.1, 0.15) is 24.2 Å². The molecule has 1 aliphatic heterocycles. The van der Waals surface area contributed by atoms with Crippen LogP contribution >= 0.6 is 0 Å². The van der Waals surface area contributed by atoms with Gasteiger partial charge in [-0.15, -0.1) is 0 Å². The first-order valence-corrected chi connectivity index (χ1v) is 9.79. The summed E-state index contributed by atoms with van der Waals surface area (Å²) in [5, 5.41) is 9.26. The third-order valence-electron chi connectivity index (χ3n) is 5.75. The molecule has 1 fully saturated rings. The number of aliphatic hydroxyl groups is 1. The fourth-order valence-electron chi connectivity index (χ4n) is 4.28. The van der Waals surface area contributed by atoms with Crippen LogP contribution in [0.5, 0.6) is 5.75 Å². The number of fused-ring (bicyclic) bond motifs is 2. The standard InChI is InChI=1S/C21H21N5O3/c27-9-13-6-7-15-16(19(13)28)4-1-5-17(15)29-10-14-3-2-8-26(14)21-18-20(23-11-22-18)24-12-25-21/h1,4-5,9,11-12,14,27H,2-3,6-8,10H2,(H,22,23,24,25)/t14-/m1/s1. The second-order valence-corrected chi connectivity index (χ2v) is 7.36. The van der Waals surface area contributed by atoms with Gasteiger partial charge in [-0.25, -0.2) is 15.0 Å². The van der Waals surface area contributed by atoms with Crippen LogP contribution in [0, 0.1) is 0 Å². The SMILES string of the molecule is O=C1C(=CO)CCc2c(OC[C@H]3CCCN3c3ncnc4nc[nH]c34)cccc21. The third-order valence-corrected chi connectivity index (χ3v) is 5.75. The van der Waals surface area contributed by atoms with Crippen LogP contribution in [0.4, 0.5) is 5.82 Å². The summed E-state index contributed by atoms with van der Waals surface area (Å²) < 4.78 is 6.21. The van der Waals surface area contributed by atoms with Gasteiger partial charge >= 0.3 is 0 Å². The average Bonchev–Trinajstić information content (AvgIpc) is 3.42. The number of aromatic amines is 1. The predicted octanol–water partition coefficient (Wildman–Crippen LogP) is 2.97. The summed E-state index contributed by atoms with van der Waals surface area (Å²) in [4.78, 5) is 30.8. The average molecular weight is 391 g/mol.